The van der Waals surface area contributed by atoms with Crippen molar-refractivity contribution in [2.75, 3.05) is 78.8 Å². The molecule has 0 aromatic heterocycles. The van der Waals surface area contributed by atoms with Gasteiger partial charge in [0.15, 0.2) is 0 Å². The fourth-order valence-electron chi connectivity index (χ4n) is 1.80. The average molecular weight is 727 g/mol. The summed E-state index contributed by atoms with van der Waals surface area (Å²) in [5.41, 5.74) is 0. The van der Waals surface area contributed by atoms with E-state index in [9.17, 15) is 0 Å². The van der Waals surface area contributed by atoms with Gasteiger partial charge in [0.05, 0.1) is 26.4 Å². The van der Waals surface area contributed by atoms with E-state index >= 15 is 0 Å². The van der Waals surface area contributed by atoms with Gasteiger partial charge in [-0.1, -0.05) is 0 Å². The number of aliphatic hydroxyl groups is 4. The molecule has 1 heterocycles. The molecule has 0 aliphatic carbocycles. The third-order valence-corrected chi connectivity index (χ3v) is 2.87. The second-order valence-corrected chi connectivity index (χ2v) is 4.33. The number of rotatable bonds is 8. The Bertz CT molecular complexity index is 185. The Balaban J connectivity index is -0.0000000886. The first-order valence-electron chi connectivity index (χ1n) is 7.01. The van der Waals surface area contributed by atoms with E-state index in [1.807, 2.05) is 0 Å². The Morgan fingerprint density at radius 1 is 0.739 bits per heavy atom. The summed E-state index contributed by atoms with van der Waals surface area (Å²) in [6.45, 7) is 7.54. The van der Waals surface area contributed by atoms with Gasteiger partial charge < -0.3 is 25.7 Å². The number of halogens is 3. The monoisotopic (exact) mass is 726 g/mol. The molecule has 151 valence electrons. The minimum atomic E-state index is 0. The summed E-state index contributed by atoms with van der Waals surface area (Å²) in [6.07, 6.45) is 0. The molecule has 1 rings (SSSR count). The van der Waals surface area contributed by atoms with Crippen LogP contribution in [0.25, 0.3) is 0 Å². The van der Waals surface area contributed by atoms with Gasteiger partial charge in [0, 0.05) is 108 Å². The minimum Gasteiger partial charge on any atom is -0.395 e. The van der Waals surface area contributed by atoms with Crippen LogP contribution in [0.1, 0.15) is 1.43 Å². The van der Waals surface area contributed by atoms with E-state index in [0.29, 0.717) is 13.1 Å². The van der Waals surface area contributed by atoms with Crippen molar-refractivity contribution in [1.82, 2.24) is 15.1 Å². The van der Waals surface area contributed by atoms with Crippen LogP contribution >= 0.6 is 61.2 Å². The summed E-state index contributed by atoms with van der Waals surface area (Å²) < 4.78 is 0. The molecule has 0 saturated carbocycles. The second-order valence-electron chi connectivity index (χ2n) is 4.33. The third kappa shape index (κ3) is 24.4. The van der Waals surface area contributed by atoms with Gasteiger partial charge in [-0.05, 0) is 0 Å². The predicted molar refractivity (Wildman–Crippen MR) is 120 cm³/mol. The Morgan fingerprint density at radius 2 is 1.04 bits per heavy atom. The van der Waals surface area contributed by atoms with Gasteiger partial charge >= 0.3 is 0 Å². The summed E-state index contributed by atoms with van der Waals surface area (Å²) in [7, 11) is 0. The largest absolute Gasteiger partial charge is 0.395 e. The van der Waals surface area contributed by atoms with Crippen LogP contribution in [0.4, 0.5) is 0 Å². The molecule has 1 aliphatic heterocycles. The van der Waals surface area contributed by atoms with Crippen molar-refractivity contribution in [2.45, 2.75) is 0 Å². The minimum absolute atomic E-state index is 0. The summed E-state index contributed by atoms with van der Waals surface area (Å²) in [6, 6.07) is 0. The molecule has 1 fully saturated rings. The number of piperazine rings is 1. The number of β-amino-alcohol motifs (C(OH)–C–C–N with tert-alkyl or cyclic N) is 2. The molecule has 1 aliphatic rings. The first kappa shape index (κ1) is 33.0. The Morgan fingerprint density at radius 3 is 1.26 bits per heavy atom. The number of aliphatic hydroxyl groups excluding tert-OH is 4. The van der Waals surface area contributed by atoms with E-state index in [-0.39, 0.29) is 68.9 Å². The molecule has 5 N–H and O–H groups in total. The summed E-state index contributed by atoms with van der Waals surface area (Å²) in [5.74, 6) is 0. The molecular weight excluding hydrogens is 694 g/mol. The summed E-state index contributed by atoms with van der Waals surface area (Å²) in [4.78, 5) is 4.49. The van der Waals surface area contributed by atoms with Crippen LogP contribution in [-0.4, -0.2) is 109 Å². The van der Waals surface area contributed by atoms with Crippen LogP contribution in [0.3, 0.4) is 0 Å². The standard InChI is InChI=1S/C8H18N2O2.C4H11NO2.Cu.I2.HI.H2/c11-7-5-9-1-2-10(4-3-9)6-8-12;6-3-1-5-2-4-7;;1-2;;/h11-12H,1-8H2;5-7H,1-4H2;;;2*1H. The van der Waals surface area contributed by atoms with Gasteiger partial charge in [-0.3, -0.25) is 9.80 Å². The molecule has 0 aromatic rings. The number of nitrogens with zero attached hydrogens (tertiary/aromatic N) is 2. The van der Waals surface area contributed by atoms with E-state index in [0.717, 1.165) is 39.3 Å². The zero-order chi connectivity index (χ0) is 16.3. The molecule has 0 amide bonds. The van der Waals surface area contributed by atoms with Crippen LogP contribution in [0.2, 0.25) is 0 Å². The van der Waals surface area contributed by atoms with Gasteiger partial charge in [-0.25, -0.2) is 0 Å². The van der Waals surface area contributed by atoms with Crippen molar-refractivity contribution in [3.05, 3.63) is 0 Å². The maximum Gasteiger partial charge on any atom is 0.0558 e. The van der Waals surface area contributed by atoms with Crippen molar-refractivity contribution < 1.29 is 38.9 Å². The maximum atomic E-state index is 8.69. The van der Waals surface area contributed by atoms with Gasteiger partial charge in [-0.15, -0.1) is 24.0 Å². The van der Waals surface area contributed by atoms with Gasteiger partial charge in [-0.2, -0.15) is 0 Å². The van der Waals surface area contributed by atoms with Crippen molar-refractivity contribution in [1.29, 1.82) is 0 Å². The van der Waals surface area contributed by atoms with Crippen molar-refractivity contribution >= 4 is 61.2 Å². The molecule has 1 saturated heterocycles. The number of nitrogens with one attached hydrogen (secondary N) is 1. The molecule has 23 heavy (non-hydrogen) atoms. The zero-order valence-corrected chi connectivity index (χ0v) is 20.7. The summed E-state index contributed by atoms with van der Waals surface area (Å²) in [5, 5.41) is 36.5. The van der Waals surface area contributed by atoms with Crippen molar-refractivity contribution in [2.24, 2.45) is 0 Å². The average Bonchev–Trinajstić information content (AvgIpc) is 2.53. The van der Waals surface area contributed by atoms with E-state index in [4.69, 9.17) is 20.4 Å². The molecule has 1 radical (unpaired) electrons. The van der Waals surface area contributed by atoms with E-state index in [2.05, 4.69) is 52.3 Å². The van der Waals surface area contributed by atoms with Crippen LogP contribution in [0.15, 0.2) is 0 Å². The van der Waals surface area contributed by atoms with Gasteiger partial charge in [0.1, 0.15) is 0 Å². The first-order valence-corrected chi connectivity index (χ1v) is 13.3. The first-order chi connectivity index (χ1) is 10.3. The Labute approximate surface area is 192 Å². The smallest absolute Gasteiger partial charge is 0.0558 e. The number of hydrogen-bond acceptors (Lipinski definition) is 7. The number of hydrogen-bond donors (Lipinski definition) is 5. The Kier molecular flexibility index (Phi) is 42.0. The van der Waals surface area contributed by atoms with Crippen LogP contribution in [-0.2, 0) is 17.1 Å². The maximum absolute atomic E-state index is 8.69. The molecule has 0 spiro atoms. The fourth-order valence-corrected chi connectivity index (χ4v) is 1.80. The normalized spacial score (nSPS) is 14.3. The molecule has 0 aromatic carbocycles. The van der Waals surface area contributed by atoms with Crippen molar-refractivity contribution in [3.8, 4) is 0 Å². The Hall–Kier alpha value is 2.43. The fraction of sp³-hybridized carbons (Fsp3) is 1.00. The predicted octanol–water partition coefficient (Wildman–Crippen LogP) is -0.218. The molecule has 0 atom stereocenters. The SMILES string of the molecule is I.II.OCCN1CCN(CCO)CC1.OCCNCCO.[Cu].[HH]. The van der Waals surface area contributed by atoms with E-state index in [1.54, 1.807) is 0 Å². The molecular formula is C12H32CuI3N3O4. The second kappa shape index (κ2) is 29.2. The quantitative estimate of drug-likeness (QED) is 0.134. The third-order valence-electron chi connectivity index (χ3n) is 2.87. The summed E-state index contributed by atoms with van der Waals surface area (Å²) >= 11 is 4.24. The van der Waals surface area contributed by atoms with Crippen LogP contribution < -0.4 is 5.32 Å². The zero-order valence-electron chi connectivity index (χ0n) is 13.1. The van der Waals surface area contributed by atoms with Gasteiger partial charge in [0.2, 0.25) is 0 Å². The van der Waals surface area contributed by atoms with Gasteiger partial charge in [0.25, 0.3) is 0 Å². The van der Waals surface area contributed by atoms with E-state index < -0.39 is 0 Å². The molecule has 0 unspecified atom stereocenters. The van der Waals surface area contributed by atoms with E-state index in [1.165, 1.54) is 0 Å². The van der Waals surface area contributed by atoms with Crippen LogP contribution in [0, 0.1) is 0 Å². The van der Waals surface area contributed by atoms with Crippen molar-refractivity contribution in [3.63, 3.8) is 0 Å². The molecule has 11 heteroatoms. The molecule has 0 bridgehead atoms. The van der Waals surface area contributed by atoms with Crippen LogP contribution in [0.5, 0.6) is 0 Å². The molecule has 7 nitrogen and oxygen atoms in total. The topological polar surface area (TPSA) is 99.4 Å².